The quantitative estimate of drug-likeness (QED) is 0.388. The van der Waals surface area contributed by atoms with Crippen LogP contribution in [0, 0.1) is 0 Å². The summed E-state index contributed by atoms with van der Waals surface area (Å²) in [6, 6.07) is 24.0. The highest BCUT2D eigenvalue weighted by Gasteiger charge is 2.30. The first-order valence-electron chi connectivity index (χ1n) is 9.73. The highest BCUT2D eigenvalue weighted by Crippen LogP contribution is 2.23. The van der Waals surface area contributed by atoms with Gasteiger partial charge in [0.15, 0.2) is 0 Å². The lowest BCUT2D eigenvalue weighted by molar-refractivity contribution is -0.274. The summed E-state index contributed by atoms with van der Waals surface area (Å²) in [5, 5.41) is 0. The summed E-state index contributed by atoms with van der Waals surface area (Å²) in [6.07, 6.45) is -0.542. The minimum absolute atomic E-state index is 0.271. The number of rotatable bonds is 8. The molecule has 0 bridgehead atoms. The largest absolute Gasteiger partial charge is 0.573 e. The van der Waals surface area contributed by atoms with Crippen molar-refractivity contribution in [1.29, 1.82) is 0 Å². The zero-order chi connectivity index (χ0) is 22.1. The number of ether oxygens (including phenoxy) is 2. The number of hydrogen-bond acceptors (Lipinski definition) is 3. The van der Waals surface area contributed by atoms with E-state index in [1.807, 2.05) is 48.6 Å². The van der Waals surface area contributed by atoms with E-state index in [-0.39, 0.29) is 5.75 Å². The molecule has 3 nitrogen and oxygen atoms in total. The van der Waals surface area contributed by atoms with E-state index < -0.39 is 18.4 Å². The monoisotopic (exact) mass is 426 g/mol. The van der Waals surface area contributed by atoms with Crippen LogP contribution in [0.3, 0.4) is 0 Å². The van der Waals surface area contributed by atoms with Gasteiger partial charge in [0.2, 0.25) is 0 Å². The average molecular weight is 426 g/mol. The zero-order valence-electron chi connectivity index (χ0n) is 16.6. The van der Waals surface area contributed by atoms with Gasteiger partial charge in [-0.2, -0.15) is 0 Å². The number of carbonyl (C=O) groups is 1. The van der Waals surface area contributed by atoms with Gasteiger partial charge in [-0.1, -0.05) is 66.7 Å². The fraction of sp³-hybridized carbons (Fsp3) is 0.160. The number of benzene rings is 3. The number of esters is 1. The Morgan fingerprint density at radius 2 is 1.48 bits per heavy atom. The molecule has 0 unspecified atom stereocenters. The van der Waals surface area contributed by atoms with Crippen molar-refractivity contribution in [2.75, 3.05) is 0 Å². The van der Waals surface area contributed by atoms with Crippen LogP contribution < -0.4 is 4.74 Å². The Hall–Kier alpha value is -3.54. The first-order chi connectivity index (χ1) is 14.9. The van der Waals surface area contributed by atoms with Crippen LogP contribution in [0.4, 0.5) is 13.2 Å². The molecule has 6 heteroatoms. The van der Waals surface area contributed by atoms with Gasteiger partial charge in [-0.15, -0.1) is 13.2 Å². The molecule has 3 aromatic rings. The van der Waals surface area contributed by atoms with E-state index in [2.05, 4.69) is 4.74 Å². The Balaban J connectivity index is 1.67. The van der Waals surface area contributed by atoms with E-state index in [9.17, 15) is 18.0 Å². The second-order valence-corrected chi connectivity index (χ2v) is 6.81. The Kier molecular flexibility index (Phi) is 7.49. The first kappa shape index (κ1) is 22.2. The second-order valence-electron chi connectivity index (χ2n) is 6.81. The number of hydrogen-bond donors (Lipinski definition) is 0. The molecule has 0 amide bonds. The maximum Gasteiger partial charge on any atom is 0.573 e. The predicted octanol–water partition coefficient (Wildman–Crippen LogP) is 6.46. The van der Waals surface area contributed by atoms with Crippen molar-refractivity contribution in [1.82, 2.24) is 0 Å². The van der Waals surface area contributed by atoms with E-state index in [4.69, 9.17) is 4.74 Å². The molecule has 0 saturated carbocycles. The van der Waals surface area contributed by atoms with Gasteiger partial charge in [-0.3, -0.25) is 0 Å². The maximum atomic E-state index is 12.5. The van der Waals surface area contributed by atoms with Crippen LogP contribution in [0.25, 0.3) is 6.08 Å². The highest BCUT2D eigenvalue weighted by molar-refractivity contribution is 5.89. The maximum absolute atomic E-state index is 12.5. The van der Waals surface area contributed by atoms with Gasteiger partial charge in [-0.25, -0.2) is 4.79 Å². The summed E-state index contributed by atoms with van der Waals surface area (Å²) in [7, 11) is 0. The molecular formula is C25H21F3O3. The number of carbonyl (C=O) groups excluding carboxylic acids is 1. The van der Waals surface area contributed by atoms with Crippen molar-refractivity contribution in [3.63, 3.8) is 0 Å². The molecule has 3 aromatic carbocycles. The van der Waals surface area contributed by atoms with E-state index in [1.54, 1.807) is 36.4 Å². The third-order valence-electron chi connectivity index (χ3n) is 4.45. The minimum Gasteiger partial charge on any atom is -0.455 e. The second kappa shape index (κ2) is 10.5. The van der Waals surface area contributed by atoms with Crippen molar-refractivity contribution in [3.8, 4) is 5.75 Å². The van der Waals surface area contributed by atoms with Gasteiger partial charge in [0.05, 0.1) is 5.56 Å². The Labute approximate surface area is 178 Å². The summed E-state index contributed by atoms with van der Waals surface area (Å²) in [5.41, 5.74) is 2.23. The van der Waals surface area contributed by atoms with Crippen LogP contribution in [0.5, 0.6) is 5.75 Å². The highest BCUT2D eigenvalue weighted by atomic mass is 19.4. The molecule has 0 fully saturated rings. The lowest BCUT2D eigenvalue weighted by atomic mass is 10.1. The summed E-state index contributed by atoms with van der Waals surface area (Å²) in [5.74, 6) is -0.704. The number of halogens is 3. The van der Waals surface area contributed by atoms with Crippen molar-refractivity contribution in [2.45, 2.75) is 25.3 Å². The number of aryl methyl sites for hydroxylation is 1. The van der Waals surface area contributed by atoms with Crippen molar-refractivity contribution < 1.29 is 27.4 Å². The molecule has 0 spiro atoms. The average Bonchev–Trinajstić information content (AvgIpc) is 2.77. The molecule has 0 heterocycles. The van der Waals surface area contributed by atoms with Gasteiger partial charge in [0.25, 0.3) is 0 Å². The van der Waals surface area contributed by atoms with Gasteiger partial charge in [0, 0.05) is 0 Å². The van der Waals surface area contributed by atoms with Crippen LogP contribution in [0.15, 0.2) is 91.0 Å². The lowest BCUT2D eigenvalue weighted by Gasteiger charge is -2.15. The summed E-state index contributed by atoms with van der Waals surface area (Å²) in [4.78, 5) is 12.5. The molecule has 0 aromatic heterocycles. The van der Waals surface area contributed by atoms with E-state index >= 15 is 0 Å². The molecule has 0 aliphatic carbocycles. The van der Waals surface area contributed by atoms with Crippen molar-refractivity contribution >= 4 is 12.0 Å². The predicted molar refractivity (Wildman–Crippen MR) is 113 cm³/mol. The lowest BCUT2D eigenvalue weighted by Crippen LogP contribution is -2.17. The molecule has 0 aliphatic heterocycles. The zero-order valence-corrected chi connectivity index (χ0v) is 16.6. The molecule has 0 saturated heterocycles. The van der Waals surface area contributed by atoms with E-state index in [0.29, 0.717) is 18.4 Å². The third-order valence-corrected chi connectivity index (χ3v) is 4.45. The topological polar surface area (TPSA) is 35.5 Å². The summed E-state index contributed by atoms with van der Waals surface area (Å²) < 4.78 is 46.5. The molecule has 0 N–H and O–H groups in total. The molecule has 0 aliphatic rings. The molecule has 0 radical (unpaired) electrons. The fourth-order valence-electron chi connectivity index (χ4n) is 2.92. The van der Waals surface area contributed by atoms with Gasteiger partial charge < -0.3 is 9.47 Å². The smallest absolute Gasteiger partial charge is 0.455 e. The Morgan fingerprint density at radius 3 is 2.10 bits per heavy atom. The van der Waals surface area contributed by atoms with E-state index in [1.165, 1.54) is 12.1 Å². The van der Waals surface area contributed by atoms with Crippen LogP contribution in [-0.4, -0.2) is 18.4 Å². The minimum atomic E-state index is -4.72. The normalized spacial score (nSPS) is 12.5. The van der Waals surface area contributed by atoms with E-state index in [0.717, 1.165) is 11.1 Å². The van der Waals surface area contributed by atoms with Gasteiger partial charge in [0.1, 0.15) is 11.9 Å². The molecule has 160 valence electrons. The standard InChI is InChI=1S/C25H21F3O3/c26-25(27,28)31-23-17-13-20(14-18-23)12-16-22(15-11-19-7-3-1-4-8-19)30-24(29)21-9-5-2-6-10-21/h1-11,13-15,17-18,22H,12,16H2/b15-11+/t22-/m0/s1. The van der Waals surface area contributed by atoms with Crippen molar-refractivity contribution in [2.24, 2.45) is 0 Å². The third kappa shape index (κ3) is 7.66. The summed E-state index contributed by atoms with van der Waals surface area (Å²) >= 11 is 0. The van der Waals surface area contributed by atoms with Crippen LogP contribution >= 0.6 is 0 Å². The van der Waals surface area contributed by atoms with Crippen LogP contribution in [-0.2, 0) is 11.2 Å². The molecule has 31 heavy (non-hydrogen) atoms. The SMILES string of the molecule is O=C(O[C@@H](/C=C/c1ccccc1)CCc1ccc(OC(F)(F)F)cc1)c1ccccc1. The molecular weight excluding hydrogens is 405 g/mol. The van der Waals surface area contributed by atoms with Crippen molar-refractivity contribution in [3.05, 3.63) is 108 Å². The summed E-state index contributed by atoms with van der Waals surface area (Å²) in [6.45, 7) is 0. The van der Waals surface area contributed by atoms with Crippen LogP contribution in [0.1, 0.15) is 27.9 Å². The van der Waals surface area contributed by atoms with Gasteiger partial charge in [-0.05, 0) is 54.3 Å². The fourth-order valence-corrected chi connectivity index (χ4v) is 2.92. The molecule has 3 rings (SSSR count). The Bertz CT molecular complexity index is 982. The first-order valence-corrected chi connectivity index (χ1v) is 9.73. The van der Waals surface area contributed by atoms with Crippen LogP contribution in [0.2, 0.25) is 0 Å². The number of alkyl halides is 3. The Morgan fingerprint density at radius 1 is 0.871 bits per heavy atom. The van der Waals surface area contributed by atoms with Gasteiger partial charge >= 0.3 is 12.3 Å². The molecule has 1 atom stereocenters.